The topological polar surface area (TPSA) is 180 Å². The Morgan fingerprint density at radius 1 is 0.969 bits per heavy atom. The molecule has 0 bridgehead atoms. The van der Waals surface area contributed by atoms with Crippen molar-refractivity contribution in [2.75, 3.05) is 39.4 Å². The Bertz CT molecular complexity index is 2310. The fraction of sp³-hybridized carbons (Fsp3) is 0.388. The second-order valence-corrected chi connectivity index (χ2v) is 17.2. The Kier molecular flexibility index (Phi) is 15.6. The van der Waals surface area contributed by atoms with Crippen molar-refractivity contribution in [1.29, 1.82) is 0 Å². The summed E-state index contributed by atoms with van der Waals surface area (Å²) in [6.07, 6.45) is 8.10. The van der Waals surface area contributed by atoms with Crippen LogP contribution in [0.2, 0.25) is 0 Å². The van der Waals surface area contributed by atoms with Crippen LogP contribution in [-0.2, 0) is 16.2 Å². The van der Waals surface area contributed by atoms with Gasteiger partial charge in [-0.25, -0.2) is 4.79 Å². The first-order valence-corrected chi connectivity index (χ1v) is 22.5. The average Bonchev–Trinajstić information content (AvgIpc) is 3.31. The van der Waals surface area contributed by atoms with Crippen molar-refractivity contribution in [1.82, 2.24) is 0 Å². The number of amides is 1. The highest BCUT2D eigenvalue weighted by Crippen LogP contribution is 2.63. The number of benzene rings is 4. The van der Waals surface area contributed by atoms with Crippen LogP contribution in [0.1, 0.15) is 62.0 Å². The summed E-state index contributed by atoms with van der Waals surface area (Å²) in [7, 11) is 3.05. The van der Waals surface area contributed by atoms with Crippen LogP contribution < -0.4 is 24.3 Å². The van der Waals surface area contributed by atoms with Crippen LogP contribution in [0.15, 0.2) is 125 Å². The first-order valence-electron chi connectivity index (χ1n) is 21.6. The number of allylic oxidation sites excluding steroid dienone is 1. The molecule has 4 aromatic carbocycles. The van der Waals surface area contributed by atoms with Gasteiger partial charge in [0.1, 0.15) is 29.6 Å². The van der Waals surface area contributed by atoms with Gasteiger partial charge >= 0.3 is 6.09 Å². The van der Waals surface area contributed by atoms with Crippen LogP contribution in [-0.4, -0.2) is 72.0 Å². The second kappa shape index (κ2) is 21.7. The summed E-state index contributed by atoms with van der Waals surface area (Å²) in [4.78, 5) is 31.6. The van der Waals surface area contributed by atoms with Gasteiger partial charge in [0.05, 0.1) is 48.3 Å². The molecule has 6 atom stereocenters. The number of aliphatic hydroxyl groups excluding tert-OH is 2. The van der Waals surface area contributed by atoms with Crippen LogP contribution >= 0.6 is 11.8 Å². The van der Waals surface area contributed by atoms with E-state index in [-0.39, 0.29) is 55.1 Å². The quantitative estimate of drug-likeness (QED) is 0.0312. The lowest BCUT2D eigenvalue weighted by Crippen LogP contribution is -2.64. The highest BCUT2D eigenvalue weighted by Gasteiger charge is 2.64. The summed E-state index contributed by atoms with van der Waals surface area (Å²) < 4.78 is 31.1. The summed E-state index contributed by atoms with van der Waals surface area (Å²) in [6.45, 7) is 4.44. The molecular formula is C49H55N3O11S. The van der Waals surface area contributed by atoms with E-state index in [9.17, 15) is 25.1 Å². The third kappa shape index (κ3) is 10.4. The van der Waals surface area contributed by atoms with Crippen molar-refractivity contribution >= 4 is 34.9 Å². The number of aliphatic hydroxyl groups is 2. The zero-order chi connectivity index (χ0) is 45.1. The number of carbonyl (C=O) groups excluding carboxylic acids is 1. The SMILES string of the molecule is C=CCO[C@@]12Oc3ccc(OC(=O)Nc4ccc(OC)cc4OC)cc3[C@H]3[C@H](CCCCO)[C@@H](CCCCO)C=C(C(=NOCc4ccc([N+](=O)[O-])cc4)C[C@@H]1Sc1ccccc1)[C@H]32. The number of fused-ring (bicyclic) bond motifs is 2. The number of ether oxygens (including phenoxy) is 5. The molecule has 338 valence electrons. The molecule has 3 aliphatic rings. The minimum atomic E-state index is -1.23. The van der Waals surface area contributed by atoms with E-state index in [1.807, 2.05) is 30.3 Å². The van der Waals surface area contributed by atoms with E-state index in [4.69, 9.17) is 33.7 Å². The number of nitrogens with one attached hydrogen (secondary N) is 1. The van der Waals surface area contributed by atoms with E-state index in [0.29, 0.717) is 47.9 Å². The molecule has 1 amide bonds. The van der Waals surface area contributed by atoms with E-state index in [1.54, 1.807) is 61.3 Å². The van der Waals surface area contributed by atoms with Crippen LogP contribution in [0.5, 0.6) is 23.0 Å². The zero-order valence-electron chi connectivity index (χ0n) is 36.1. The number of anilines is 1. The lowest BCUT2D eigenvalue weighted by atomic mass is 9.56. The van der Waals surface area contributed by atoms with Crippen LogP contribution in [0, 0.1) is 27.9 Å². The lowest BCUT2D eigenvalue weighted by Gasteiger charge is -2.58. The van der Waals surface area contributed by atoms with E-state index in [2.05, 4.69) is 30.1 Å². The van der Waals surface area contributed by atoms with Crippen molar-refractivity contribution in [2.24, 2.45) is 22.9 Å². The number of non-ortho nitro benzene ring substituents is 1. The standard InChI is InChI=1S/C49H55N3O11S/c1-4-26-60-49-45(64-37-13-6-5-7-14-37)30-42(51-61-31-32-16-18-34(19-17-32)52(56)57)39-27-33(12-8-10-24-53)38(15-9-11-25-54)46(47(39)49)40-28-36(21-23-43(40)63-49)62-48(55)50-41-22-20-35(58-2)29-44(41)59-3/h4-7,13-14,16-23,27-29,33,38,45-47,53-54H,1,8-12,15,24-26,30-31H2,2-3H3,(H,50,55)/t33-,38+,45-,46+,47+,49+/m0/s1. The molecule has 1 aliphatic heterocycles. The molecule has 7 rings (SSSR count). The van der Waals surface area contributed by atoms with Gasteiger partial charge in [-0.1, -0.05) is 48.3 Å². The summed E-state index contributed by atoms with van der Waals surface area (Å²) in [5.41, 5.74) is 3.62. The van der Waals surface area contributed by atoms with Gasteiger partial charge in [0, 0.05) is 54.2 Å². The number of oxime groups is 1. The molecule has 0 aromatic heterocycles. The number of unbranched alkanes of at least 4 members (excludes halogenated alkanes) is 2. The third-order valence-electron chi connectivity index (χ3n) is 12.1. The number of thioether (sulfide) groups is 1. The average molecular weight is 894 g/mol. The Morgan fingerprint density at radius 3 is 2.42 bits per heavy atom. The van der Waals surface area contributed by atoms with Crippen LogP contribution in [0.25, 0.3) is 0 Å². The number of nitro benzene ring substituents is 1. The summed E-state index contributed by atoms with van der Waals surface area (Å²) in [5.74, 6) is 0.00847. The predicted octanol–water partition coefficient (Wildman–Crippen LogP) is 9.85. The molecule has 0 unspecified atom stereocenters. The number of nitrogens with zero attached hydrogens (tertiary/aromatic N) is 2. The summed E-state index contributed by atoms with van der Waals surface area (Å²) in [5, 5.41) is 38.5. The summed E-state index contributed by atoms with van der Waals surface area (Å²) in [6, 6.07) is 26.8. The van der Waals surface area contributed by atoms with E-state index < -0.39 is 22.7 Å². The van der Waals surface area contributed by atoms with Crippen molar-refractivity contribution < 1.29 is 48.5 Å². The van der Waals surface area contributed by atoms with Crippen molar-refractivity contribution in [3.63, 3.8) is 0 Å². The molecular weight excluding hydrogens is 839 g/mol. The molecule has 4 aromatic rings. The Hall–Kier alpha value is -5.87. The fourth-order valence-corrected chi connectivity index (χ4v) is 10.5. The molecule has 2 aliphatic carbocycles. The monoisotopic (exact) mass is 893 g/mol. The maximum absolute atomic E-state index is 13.5. The van der Waals surface area contributed by atoms with Crippen LogP contribution in [0.3, 0.4) is 0 Å². The molecule has 0 radical (unpaired) electrons. The molecule has 0 saturated heterocycles. The molecule has 3 N–H and O–H groups in total. The zero-order valence-corrected chi connectivity index (χ0v) is 36.9. The minimum absolute atomic E-state index is 0.0117. The largest absolute Gasteiger partial charge is 0.497 e. The van der Waals surface area contributed by atoms with Gasteiger partial charge in [0.25, 0.3) is 5.69 Å². The van der Waals surface area contributed by atoms with Gasteiger partial charge in [-0.3, -0.25) is 15.4 Å². The first-order chi connectivity index (χ1) is 31.2. The van der Waals surface area contributed by atoms with Gasteiger partial charge in [0.15, 0.2) is 0 Å². The molecule has 1 saturated carbocycles. The number of hydrogen-bond acceptors (Lipinski definition) is 13. The fourth-order valence-electron chi connectivity index (χ4n) is 9.19. The van der Waals surface area contributed by atoms with Crippen molar-refractivity contribution in [3.05, 3.63) is 137 Å². The minimum Gasteiger partial charge on any atom is -0.497 e. The molecule has 14 nitrogen and oxygen atoms in total. The number of hydrogen-bond donors (Lipinski definition) is 3. The van der Waals surface area contributed by atoms with Gasteiger partial charge in [0.2, 0.25) is 5.79 Å². The maximum Gasteiger partial charge on any atom is 0.417 e. The normalized spacial score (nSPS) is 22.5. The highest BCUT2D eigenvalue weighted by atomic mass is 32.2. The van der Waals surface area contributed by atoms with Gasteiger partial charge in [-0.2, -0.15) is 0 Å². The number of rotatable bonds is 21. The maximum atomic E-state index is 13.5. The molecule has 64 heavy (non-hydrogen) atoms. The van der Waals surface area contributed by atoms with Gasteiger partial charge in [-0.05, 0) is 103 Å². The lowest BCUT2D eigenvalue weighted by molar-refractivity contribution is -0.384. The van der Waals surface area contributed by atoms with E-state index in [0.717, 1.165) is 53.0 Å². The number of nitro groups is 1. The van der Waals surface area contributed by atoms with Gasteiger partial charge in [-0.15, -0.1) is 18.3 Å². The Balaban J connectivity index is 1.34. The Morgan fingerprint density at radius 2 is 1.72 bits per heavy atom. The third-order valence-corrected chi connectivity index (χ3v) is 13.4. The molecule has 15 heteroatoms. The van der Waals surface area contributed by atoms with Gasteiger partial charge < -0.3 is 38.7 Å². The second-order valence-electron chi connectivity index (χ2n) is 16.0. The first kappa shape index (κ1) is 46.1. The van der Waals surface area contributed by atoms with Crippen molar-refractivity contribution in [3.8, 4) is 23.0 Å². The molecule has 0 spiro atoms. The van der Waals surface area contributed by atoms with Crippen molar-refractivity contribution in [2.45, 2.75) is 73.4 Å². The number of methoxy groups -OCH3 is 2. The van der Waals surface area contributed by atoms with E-state index >= 15 is 0 Å². The highest BCUT2D eigenvalue weighted by molar-refractivity contribution is 8.00. The van der Waals surface area contributed by atoms with E-state index in [1.165, 1.54) is 19.2 Å². The predicted molar refractivity (Wildman–Crippen MR) is 244 cm³/mol. The number of carbonyl (C=O) groups is 1. The molecule has 1 fully saturated rings. The Labute approximate surface area is 377 Å². The van der Waals surface area contributed by atoms with Crippen LogP contribution in [0.4, 0.5) is 16.2 Å². The smallest absolute Gasteiger partial charge is 0.417 e. The molecule has 1 heterocycles. The summed E-state index contributed by atoms with van der Waals surface area (Å²) >= 11 is 1.64.